The molecule has 1 amide bonds. The smallest absolute Gasteiger partial charge is 0.303 e. The Morgan fingerprint density at radius 3 is 2.38 bits per heavy atom. The van der Waals surface area contributed by atoms with E-state index in [1.807, 2.05) is 44.2 Å². The van der Waals surface area contributed by atoms with Crippen molar-refractivity contribution in [2.75, 3.05) is 17.2 Å². The number of nitrogens with one attached hydrogen (secondary N) is 2. The van der Waals surface area contributed by atoms with E-state index in [0.717, 1.165) is 22.4 Å². The van der Waals surface area contributed by atoms with Crippen LogP contribution in [0.5, 0.6) is 0 Å². The van der Waals surface area contributed by atoms with Crippen LogP contribution in [-0.4, -0.2) is 23.5 Å². The maximum Gasteiger partial charge on any atom is 0.303 e. The van der Waals surface area contributed by atoms with Gasteiger partial charge in [-0.2, -0.15) is 0 Å². The first kappa shape index (κ1) is 17.5. The molecule has 0 aliphatic rings. The van der Waals surface area contributed by atoms with E-state index in [0.29, 0.717) is 12.1 Å². The number of para-hydroxylation sites is 1. The van der Waals surface area contributed by atoms with Crippen molar-refractivity contribution in [3.63, 3.8) is 0 Å². The first-order valence-electron chi connectivity index (χ1n) is 7.86. The van der Waals surface area contributed by atoms with Gasteiger partial charge in [0.1, 0.15) is 0 Å². The van der Waals surface area contributed by atoms with Gasteiger partial charge in [0.05, 0.1) is 6.54 Å². The van der Waals surface area contributed by atoms with E-state index in [2.05, 4.69) is 10.6 Å². The van der Waals surface area contributed by atoms with Crippen molar-refractivity contribution >= 4 is 23.3 Å². The van der Waals surface area contributed by atoms with Gasteiger partial charge in [-0.1, -0.05) is 30.3 Å². The molecule has 2 rings (SSSR count). The van der Waals surface area contributed by atoms with Gasteiger partial charge >= 0.3 is 5.97 Å². The lowest BCUT2D eigenvalue weighted by atomic mass is 10.1. The Hall–Kier alpha value is -2.82. The molecule has 2 aromatic rings. The second-order valence-electron chi connectivity index (χ2n) is 5.76. The normalized spacial score (nSPS) is 10.2. The quantitative estimate of drug-likeness (QED) is 0.729. The Morgan fingerprint density at radius 2 is 1.71 bits per heavy atom. The molecule has 0 heterocycles. The number of benzene rings is 2. The predicted octanol–water partition coefficient (Wildman–Crippen LogP) is 3.37. The molecule has 2 aromatic carbocycles. The first-order chi connectivity index (χ1) is 11.5. The average Bonchev–Trinajstić information content (AvgIpc) is 2.53. The summed E-state index contributed by atoms with van der Waals surface area (Å²) in [5.74, 6) is -0.977. The highest BCUT2D eigenvalue weighted by Gasteiger charge is 2.07. The maximum atomic E-state index is 12.1. The lowest BCUT2D eigenvalue weighted by Crippen LogP contribution is -2.22. The summed E-state index contributed by atoms with van der Waals surface area (Å²) in [6.45, 7) is 4.17. The molecule has 5 nitrogen and oxygen atoms in total. The minimum absolute atomic E-state index is 0.0749. The number of hydrogen-bond donors (Lipinski definition) is 3. The van der Waals surface area contributed by atoms with E-state index >= 15 is 0 Å². The van der Waals surface area contributed by atoms with Gasteiger partial charge in [0.2, 0.25) is 5.91 Å². The fourth-order valence-corrected chi connectivity index (χ4v) is 2.52. The number of anilines is 2. The zero-order valence-electron chi connectivity index (χ0n) is 13.9. The fourth-order valence-electron chi connectivity index (χ4n) is 2.52. The van der Waals surface area contributed by atoms with Crippen LogP contribution < -0.4 is 10.6 Å². The standard InChI is InChI=1S/C19H22N2O3/c1-13-5-3-6-14(2)19(13)20-12-17(22)21-16-8-4-7-15(11-16)9-10-18(23)24/h3-8,11,20H,9-10,12H2,1-2H3,(H,21,22)(H,23,24). The summed E-state index contributed by atoms with van der Waals surface area (Å²) in [5, 5.41) is 14.7. The van der Waals surface area contributed by atoms with Gasteiger partial charge in [0.15, 0.2) is 0 Å². The number of carbonyl (C=O) groups excluding carboxylic acids is 1. The van der Waals surface area contributed by atoms with Gasteiger partial charge in [-0.15, -0.1) is 0 Å². The van der Waals surface area contributed by atoms with Crippen LogP contribution in [0.4, 0.5) is 11.4 Å². The van der Waals surface area contributed by atoms with Gasteiger partial charge in [0, 0.05) is 17.8 Å². The Kier molecular flexibility index (Phi) is 5.95. The van der Waals surface area contributed by atoms with Crippen molar-refractivity contribution in [2.45, 2.75) is 26.7 Å². The molecule has 24 heavy (non-hydrogen) atoms. The monoisotopic (exact) mass is 326 g/mol. The molecule has 0 saturated heterocycles. The van der Waals surface area contributed by atoms with Gasteiger partial charge in [0.25, 0.3) is 0 Å². The van der Waals surface area contributed by atoms with Crippen LogP contribution in [0.2, 0.25) is 0 Å². The van der Waals surface area contributed by atoms with Crippen molar-refractivity contribution in [2.24, 2.45) is 0 Å². The molecule has 3 N–H and O–H groups in total. The van der Waals surface area contributed by atoms with Crippen LogP contribution in [0.1, 0.15) is 23.1 Å². The third kappa shape index (κ3) is 5.12. The van der Waals surface area contributed by atoms with Crippen LogP contribution in [-0.2, 0) is 16.0 Å². The highest BCUT2D eigenvalue weighted by Crippen LogP contribution is 2.19. The lowest BCUT2D eigenvalue weighted by Gasteiger charge is -2.13. The average molecular weight is 326 g/mol. The van der Waals surface area contributed by atoms with Gasteiger partial charge in [-0.25, -0.2) is 0 Å². The number of carboxylic acid groups (broad SMARTS) is 1. The third-order valence-electron chi connectivity index (χ3n) is 3.75. The predicted molar refractivity (Wildman–Crippen MR) is 95.4 cm³/mol. The molecule has 0 aliphatic carbocycles. The lowest BCUT2D eigenvalue weighted by molar-refractivity contribution is -0.137. The summed E-state index contributed by atoms with van der Waals surface area (Å²) in [7, 11) is 0. The maximum absolute atomic E-state index is 12.1. The molecule has 0 fully saturated rings. The summed E-state index contributed by atoms with van der Waals surface area (Å²) < 4.78 is 0. The van der Waals surface area contributed by atoms with Crippen LogP contribution in [0.15, 0.2) is 42.5 Å². The Morgan fingerprint density at radius 1 is 1.04 bits per heavy atom. The third-order valence-corrected chi connectivity index (χ3v) is 3.75. The molecule has 126 valence electrons. The van der Waals surface area contributed by atoms with Crippen LogP contribution in [0, 0.1) is 13.8 Å². The van der Waals surface area contributed by atoms with Gasteiger partial charge in [-0.05, 0) is 49.1 Å². The van der Waals surface area contributed by atoms with Crippen molar-refractivity contribution < 1.29 is 14.7 Å². The zero-order valence-corrected chi connectivity index (χ0v) is 13.9. The van der Waals surface area contributed by atoms with Crippen molar-refractivity contribution in [1.29, 1.82) is 0 Å². The number of rotatable bonds is 7. The molecular weight excluding hydrogens is 304 g/mol. The summed E-state index contributed by atoms with van der Waals surface area (Å²) in [6, 6.07) is 13.2. The Bertz CT molecular complexity index is 721. The van der Waals surface area contributed by atoms with Crippen LogP contribution in [0.25, 0.3) is 0 Å². The fraction of sp³-hybridized carbons (Fsp3) is 0.263. The van der Waals surface area contributed by atoms with E-state index in [9.17, 15) is 9.59 Å². The van der Waals surface area contributed by atoms with Crippen molar-refractivity contribution in [1.82, 2.24) is 0 Å². The number of amides is 1. The summed E-state index contributed by atoms with van der Waals surface area (Å²) in [6.07, 6.45) is 0.519. The number of hydrogen-bond acceptors (Lipinski definition) is 3. The van der Waals surface area contributed by atoms with E-state index in [1.54, 1.807) is 12.1 Å². The van der Waals surface area contributed by atoms with Crippen molar-refractivity contribution in [3.8, 4) is 0 Å². The largest absolute Gasteiger partial charge is 0.481 e. The highest BCUT2D eigenvalue weighted by atomic mass is 16.4. The topological polar surface area (TPSA) is 78.4 Å². The molecule has 0 aliphatic heterocycles. The van der Waals surface area contributed by atoms with E-state index in [1.165, 1.54) is 0 Å². The molecular formula is C19H22N2O3. The van der Waals surface area contributed by atoms with Crippen LogP contribution >= 0.6 is 0 Å². The SMILES string of the molecule is Cc1cccc(C)c1NCC(=O)Nc1cccc(CCC(=O)O)c1. The second-order valence-corrected chi connectivity index (χ2v) is 5.76. The van der Waals surface area contributed by atoms with Gasteiger partial charge in [-0.3, -0.25) is 9.59 Å². The van der Waals surface area contributed by atoms with E-state index in [4.69, 9.17) is 5.11 Å². The number of aliphatic carboxylic acids is 1. The first-order valence-corrected chi connectivity index (χ1v) is 7.86. The molecule has 5 heteroatoms. The van der Waals surface area contributed by atoms with E-state index in [-0.39, 0.29) is 18.9 Å². The summed E-state index contributed by atoms with van der Waals surface area (Å²) in [4.78, 5) is 22.8. The number of carboxylic acids is 1. The summed E-state index contributed by atoms with van der Waals surface area (Å²) in [5.41, 5.74) is 4.73. The Labute approximate surface area is 141 Å². The molecule has 0 aromatic heterocycles. The van der Waals surface area contributed by atoms with E-state index < -0.39 is 5.97 Å². The minimum Gasteiger partial charge on any atom is -0.481 e. The molecule has 0 spiro atoms. The highest BCUT2D eigenvalue weighted by molar-refractivity contribution is 5.94. The van der Waals surface area contributed by atoms with Gasteiger partial charge < -0.3 is 15.7 Å². The zero-order chi connectivity index (χ0) is 17.5. The molecule has 0 radical (unpaired) electrons. The Balaban J connectivity index is 1.92. The number of aryl methyl sites for hydroxylation is 3. The second kappa shape index (κ2) is 8.15. The molecule has 0 bridgehead atoms. The van der Waals surface area contributed by atoms with Crippen LogP contribution in [0.3, 0.4) is 0 Å². The summed E-state index contributed by atoms with van der Waals surface area (Å²) >= 11 is 0. The number of carbonyl (C=O) groups is 2. The minimum atomic E-state index is -0.831. The van der Waals surface area contributed by atoms with Crippen molar-refractivity contribution in [3.05, 3.63) is 59.2 Å². The molecule has 0 atom stereocenters. The molecule has 0 saturated carbocycles. The molecule has 0 unspecified atom stereocenters.